The van der Waals surface area contributed by atoms with Crippen LogP contribution in [0.25, 0.3) is 0 Å². The van der Waals surface area contributed by atoms with Gasteiger partial charge in [-0.25, -0.2) is 0 Å². The average molecular weight is 239 g/mol. The summed E-state index contributed by atoms with van der Waals surface area (Å²) in [6.07, 6.45) is -3.87. The van der Waals surface area contributed by atoms with Crippen molar-refractivity contribution in [1.29, 1.82) is 0 Å². The molecule has 0 aromatic rings. The van der Waals surface area contributed by atoms with E-state index in [2.05, 4.69) is 0 Å². The monoisotopic (exact) mass is 239 g/mol. The number of halogens is 3. The minimum absolute atomic E-state index is 0.105. The van der Waals surface area contributed by atoms with Gasteiger partial charge in [-0.2, -0.15) is 13.2 Å². The molecule has 1 heterocycles. The summed E-state index contributed by atoms with van der Waals surface area (Å²) in [7, 11) is 0. The van der Waals surface area contributed by atoms with Crippen LogP contribution in [0.3, 0.4) is 0 Å². The predicted molar refractivity (Wildman–Crippen MR) is 52.1 cm³/mol. The molecule has 0 amide bonds. The third kappa shape index (κ3) is 3.66. The smallest absolute Gasteiger partial charge is 0.390 e. The van der Waals surface area contributed by atoms with Crippen LogP contribution in [0.5, 0.6) is 0 Å². The van der Waals surface area contributed by atoms with Gasteiger partial charge in [-0.15, -0.1) is 0 Å². The highest BCUT2D eigenvalue weighted by molar-refractivity contribution is 5.74. The van der Waals surface area contributed by atoms with Crippen molar-refractivity contribution in [3.63, 3.8) is 0 Å². The predicted octanol–water partition coefficient (Wildman–Crippen LogP) is 2.13. The number of alkyl halides is 3. The third-order valence-corrected chi connectivity index (χ3v) is 3.00. The second-order valence-electron chi connectivity index (χ2n) is 4.61. The summed E-state index contributed by atoms with van der Waals surface area (Å²) < 4.78 is 36.1. The van der Waals surface area contributed by atoms with Crippen molar-refractivity contribution in [2.45, 2.75) is 32.4 Å². The molecule has 0 saturated carbocycles. The van der Waals surface area contributed by atoms with Gasteiger partial charge in [0.25, 0.3) is 0 Å². The van der Waals surface area contributed by atoms with Gasteiger partial charge in [0.1, 0.15) is 0 Å². The number of likely N-dealkylation sites (tertiary alicyclic amines) is 1. The van der Waals surface area contributed by atoms with Gasteiger partial charge in [-0.05, 0) is 26.3 Å². The highest BCUT2D eigenvalue weighted by Crippen LogP contribution is 2.30. The molecule has 3 nitrogen and oxygen atoms in total. The molecule has 1 fully saturated rings. The molecule has 16 heavy (non-hydrogen) atoms. The highest BCUT2D eigenvalue weighted by atomic mass is 19.4. The van der Waals surface area contributed by atoms with Crippen LogP contribution in [0, 0.1) is 5.41 Å². The number of nitrogens with zero attached hydrogens (tertiary/aromatic N) is 1. The normalized spacial score (nSPS) is 28.0. The van der Waals surface area contributed by atoms with Crippen LogP contribution in [0.4, 0.5) is 13.2 Å². The molecule has 0 radical (unpaired) electrons. The summed E-state index contributed by atoms with van der Waals surface area (Å²) >= 11 is 0. The van der Waals surface area contributed by atoms with E-state index in [4.69, 9.17) is 5.11 Å². The largest absolute Gasteiger partial charge is 0.481 e. The molecule has 0 aliphatic carbocycles. The van der Waals surface area contributed by atoms with Crippen LogP contribution in [-0.2, 0) is 4.79 Å². The number of rotatable bonds is 3. The van der Waals surface area contributed by atoms with Gasteiger partial charge in [-0.3, -0.25) is 4.79 Å². The SMILES string of the molecule is CC1(C(=O)O)CCCN(CCC(F)(F)F)C1. The lowest BCUT2D eigenvalue weighted by molar-refractivity contribution is -0.153. The van der Waals surface area contributed by atoms with E-state index in [0.29, 0.717) is 19.4 Å². The van der Waals surface area contributed by atoms with E-state index >= 15 is 0 Å². The Balaban J connectivity index is 2.48. The molecule has 1 N–H and O–H groups in total. The van der Waals surface area contributed by atoms with Gasteiger partial charge in [-0.1, -0.05) is 0 Å². The Bertz CT molecular complexity index is 267. The molecule has 1 atom stereocenters. The molecule has 0 aromatic heterocycles. The number of hydrogen-bond donors (Lipinski definition) is 1. The first-order chi connectivity index (χ1) is 7.23. The zero-order valence-electron chi connectivity index (χ0n) is 9.18. The minimum Gasteiger partial charge on any atom is -0.481 e. The van der Waals surface area contributed by atoms with Crippen molar-refractivity contribution in [3.8, 4) is 0 Å². The fourth-order valence-electron chi connectivity index (χ4n) is 1.99. The number of hydrogen-bond acceptors (Lipinski definition) is 2. The Hall–Kier alpha value is -0.780. The fourth-order valence-corrected chi connectivity index (χ4v) is 1.99. The van der Waals surface area contributed by atoms with Gasteiger partial charge in [0.2, 0.25) is 0 Å². The number of carbonyl (C=O) groups is 1. The van der Waals surface area contributed by atoms with E-state index in [9.17, 15) is 18.0 Å². The maximum absolute atomic E-state index is 12.0. The Kier molecular flexibility index (Phi) is 3.83. The van der Waals surface area contributed by atoms with Crippen molar-refractivity contribution in [1.82, 2.24) is 4.90 Å². The number of piperidine rings is 1. The topological polar surface area (TPSA) is 40.5 Å². The molecule has 1 aliphatic heterocycles. The van der Waals surface area contributed by atoms with Crippen LogP contribution in [0.2, 0.25) is 0 Å². The zero-order valence-corrected chi connectivity index (χ0v) is 9.18. The zero-order chi connectivity index (χ0) is 12.4. The molecular weight excluding hydrogens is 223 g/mol. The highest BCUT2D eigenvalue weighted by Gasteiger charge is 2.38. The van der Waals surface area contributed by atoms with Crippen molar-refractivity contribution in [3.05, 3.63) is 0 Å². The first kappa shape index (κ1) is 13.3. The number of aliphatic carboxylic acids is 1. The van der Waals surface area contributed by atoms with Gasteiger partial charge in [0.05, 0.1) is 11.8 Å². The average Bonchev–Trinajstić information content (AvgIpc) is 2.14. The molecule has 1 rings (SSSR count). The van der Waals surface area contributed by atoms with E-state index < -0.39 is 24.0 Å². The summed E-state index contributed by atoms with van der Waals surface area (Å²) in [5.41, 5.74) is -0.899. The second kappa shape index (κ2) is 4.61. The lowest BCUT2D eigenvalue weighted by Gasteiger charge is -2.37. The van der Waals surface area contributed by atoms with E-state index in [1.165, 1.54) is 0 Å². The summed E-state index contributed by atoms with van der Waals surface area (Å²) in [5, 5.41) is 8.99. The molecular formula is C10H16F3NO2. The molecule has 1 aliphatic rings. The molecule has 0 spiro atoms. The standard InChI is InChI=1S/C10H16F3NO2/c1-9(8(15)16)3-2-5-14(7-9)6-4-10(11,12)13/h2-7H2,1H3,(H,15,16). The van der Waals surface area contributed by atoms with Crippen LogP contribution in [0.1, 0.15) is 26.2 Å². The van der Waals surface area contributed by atoms with Gasteiger partial charge < -0.3 is 10.0 Å². The lowest BCUT2D eigenvalue weighted by Crippen LogP contribution is -2.46. The van der Waals surface area contributed by atoms with Crippen LogP contribution < -0.4 is 0 Å². The summed E-state index contributed by atoms with van der Waals surface area (Å²) in [5.74, 6) is -0.927. The Morgan fingerprint density at radius 1 is 1.50 bits per heavy atom. The minimum atomic E-state index is -4.17. The van der Waals surface area contributed by atoms with E-state index in [1.54, 1.807) is 11.8 Å². The van der Waals surface area contributed by atoms with Gasteiger partial charge in [0.15, 0.2) is 0 Å². The Labute approximate surface area is 92.2 Å². The quantitative estimate of drug-likeness (QED) is 0.820. The number of carboxylic acid groups (broad SMARTS) is 1. The van der Waals surface area contributed by atoms with Gasteiger partial charge >= 0.3 is 12.1 Å². The summed E-state index contributed by atoms with van der Waals surface area (Å²) in [6.45, 7) is 2.25. The molecule has 1 saturated heterocycles. The number of carboxylic acids is 1. The first-order valence-corrected chi connectivity index (χ1v) is 5.25. The molecule has 0 bridgehead atoms. The van der Waals surface area contributed by atoms with E-state index in [-0.39, 0.29) is 13.1 Å². The maximum atomic E-state index is 12.0. The summed E-state index contributed by atoms with van der Waals surface area (Å²) in [4.78, 5) is 12.6. The van der Waals surface area contributed by atoms with Crippen LogP contribution in [-0.4, -0.2) is 41.8 Å². The van der Waals surface area contributed by atoms with E-state index in [1.807, 2.05) is 0 Å². The molecule has 94 valence electrons. The van der Waals surface area contributed by atoms with Crippen molar-refractivity contribution in [2.24, 2.45) is 5.41 Å². The van der Waals surface area contributed by atoms with E-state index in [0.717, 1.165) is 0 Å². The van der Waals surface area contributed by atoms with Crippen molar-refractivity contribution in [2.75, 3.05) is 19.6 Å². The van der Waals surface area contributed by atoms with Crippen molar-refractivity contribution < 1.29 is 23.1 Å². The second-order valence-corrected chi connectivity index (χ2v) is 4.61. The molecule has 6 heteroatoms. The fraction of sp³-hybridized carbons (Fsp3) is 0.900. The van der Waals surface area contributed by atoms with Crippen molar-refractivity contribution >= 4 is 5.97 Å². The Morgan fingerprint density at radius 2 is 2.12 bits per heavy atom. The third-order valence-electron chi connectivity index (χ3n) is 3.00. The van der Waals surface area contributed by atoms with Gasteiger partial charge in [0, 0.05) is 13.1 Å². The molecule has 1 unspecified atom stereocenters. The maximum Gasteiger partial charge on any atom is 0.390 e. The first-order valence-electron chi connectivity index (χ1n) is 5.25. The van der Waals surface area contributed by atoms with Crippen LogP contribution in [0.15, 0.2) is 0 Å². The lowest BCUT2D eigenvalue weighted by atomic mass is 9.82. The van der Waals surface area contributed by atoms with Crippen LogP contribution >= 0.6 is 0 Å². The Morgan fingerprint density at radius 3 is 2.62 bits per heavy atom. The molecule has 0 aromatic carbocycles. The summed E-state index contributed by atoms with van der Waals surface area (Å²) in [6, 6.07) is 0.